The summed E-state index contributed by atoms with van der Waals surface area (Å²) in [4.78, 5) is 0. The number of allylic oxidation sites excluding steroid dienone is 4. The highest BCUT2D eigenvalue weighted by atomic mass is 16.3. The van der Waals surface area contributed by atoms with Gasteiger partial charge in [-0.1, -0.05) is 18.2 Å². The summed E-state index contributed by atoms with van der Waals surface area (Å²) in [7, 11) is 0. The van der Waals surface area contributed by atoms with Crippen LogP contribution >= 0.6 is 0 Å². The lowest BCUT2D eigenvalue weighted by atomic mass is 10.1. The molecule has 0 atom stereocenters. The molecule has 15 heavy (non-hydrogen) atoms. The Kier molecular flexibility index (Phi) is 1.68. The van der Waals surface area contributed by atoms with E-state index in [4.69, 9.17) is 4.42 Å². The number of aromatic hydroxyl groups is 1. The van der Waals surface area contributed by atoms with E-state index >= 15 is 0 Å². The molecular weight excluding hydrogens is 188 g/mol. The molecule has 0 radical (unpaired) electrons. The quantitative estimate of drug-likeness (QED) is 0.761. The van der Waals surface area contributed by atoms with Crippen molar-refractivity contribution in [1.29, 1.82) is 0 Å². The van der Waals surface area contributed by atoms with E-state index in [0.717, 1.165) is 23.2 Å². The maximum atomic E-state index is 9.32. The van der Waals surface area contributed by atoms with Crippen LogP contribution in [0.15, 0.2) is 46.9 Å². The molecular formula is C13H10O2. The summed E-state index contributed by atoms with van der Waals surface area (Å²) < 4.78 is 5.66. The van der Waals surface area contributed by atoms with Gasteiger partial charge in [0.05, 0.1) is 0 Å². The van der Waals surface area contributed by atoms with Crippen molar-refractivity contribution < 1.29 is 9.52 Å². The van der Waals surface area contributed by atoms with Gasteiger partial charge in [-0.25, -0.2) is 0 Å². The summed E-state index contributed by atoms with van der Waals surface area (Å²) >= 11 is 0. The maximum Gasteiger partial charge on any atom is 0.138 e. The molecule has 2 aromatic rings. The molecule has 0 saturated carbocycles. The smallest absolute Gasteiger partial charge is 0.138 e. The molecule has 1 aliphatic carbocycles. The van der Waals surface area contributed by atoms with Gasteiger partial charge in [-0.05, 0) is 30.2 Å². The van der Waals surface area contributed by atoms with Crippen LogP contribution in [-0.4, -0.2) is 5.11 Å². The van der Waals surface area contributed by atoms with E-state index in [2.05, 4.69) is 12.2 Å². The Morgan fingerprint density at radius 1 is 1.20 bits per heavy atom. The number of furan rings is 1. The van der Waals surface area contributed by atoms with Crippen molar-refractivity contribution in [1.82, 2.24) is 0 Å². The molecule has 0 bridgehead atoms. The topological polar surface area (TPSA) is 33.4 Å². The summed E-state index contributed by atoms with van der Waals surface area (Å²) in [5.74, 6) is 1.13. The Morgan fingerprint density at radius 2 is 2.13 bits per heavy atom. The molecule has 1 N–H and O–H groups in total. The van der Waals surface area contributed by atoms with Crippen molar-refractivity contribution in [3.05, 3.63) is 48.3 Å². The van der Waals surface area contributed by atoms with Crippen LogP contribution in [0, 0.1) is 0 Å². The molecule has 0 spiro atoms. The Hall–Kier alpha value is -1.96. The van der Waals surface area contributed by atoms with Gasteiger partial charge in [-0.2, -0.15) is 0 Å². The molecule has 1 aromatic heterocycles. The average molecular weight is 198 g/mol. The van der Waals surface area contributed by atoms with Crippen molar-refractivity contribution in [2.75, 3.05) is 0 Å². The van der Waals surface area contributed by atoms with Gasteiger partial charge in [0.15, 0.2) is 0 Å². The third kappa shape index (κ3) is 1.34. The Balaban J connectivity index is 2.14. The first kappa shape index (κ1) is 8.36. The molecule has 0 unspecified atom stereocenters. The number of hydrogen-bond donors (Lipinski definition) is 1. The van der Waals surface area contributed by atoms with Crippen LogP contribution in [0.2, 0.25) is 0 Å². The number of benzene rings is 1. The van der Waals surface area contributed by atoms with Gasteiger partial charge < -0.3 is 9.52 Å². The Bertz CT molecular complexity index is 573. The Morgan fingerprint density at radius 3 is 2.93 bits per heavy atom. The summed E-state index contributed by atoms with van der Waals surface area (Å²) in [5, 5.41) is 10.3. The zero-order valence-electron chi connectivity index (χ0n) is 8.10. The van der Waals surface area contributed by atoms with Crippen molar-refractivity contribution in [3.8, 4) is 5.75 Å². The fourth-order valence-electron chi connectivity index (χ4n) is 1.81. The first-order valence-corrected chi connectivity index (χ1v) is 4.91. The van der Waals surface area contributed by atoms with Gasteiger partial charge in [0.1, 0.15) is 17.1 Å². The van der Waals surface area contributed by atoms with E-state index < -0.39 is 0 Å². The van der Waals surface area contributed by atoms with Crippen LogP contribution in [0.5, 0.6) is 5.75 Å². The normalized spacial score (nSPS) is 14.8. The van der Waals surface area contributed by atoms with Crippen LogP contribution < -0.4 is 0 Å². The van der Waals surface area contributed by atoms with Crippen molar-refractivity contribution in [2.45, 2.75) is 6.42 Å². The monoisotopic (exact) mass is 198 g/mol. The van der Waals surface area contributed by atoms with Gasteiger partial charge >= 0.3 is 0 Å². The fraction of sp³-hybridized carbons (Fsp3) is 0.0769. The van der Waals surface area contributed by atoms with Crippen LogP contribution in [0.3, 0.4) is 0 Å². The lowest BCUT2D eigenvalue weighted by Gasteiger charge is -1.93. The van der Waals surface area contributed by atoms with Gasteiger partial charge in [0, 0.05) is 11.5 Å². The zero-order valence-corrected chi connectivity index (χ0v) is 8.10. The van der Waals surface area contributed by atoms with Gasteiger partial charge in [-0.3, -0.25) is 0 Å². The molecule has 1 heterocycles. The molecule has 1 aliphatic rings. The second-order valence-corrected chi connectivity index (χ2v) is 3.66. The first-order chi connectivity index (χ1) is 7.33. The van der Waals surface area contributed by atoms with Crippen molar-refractivity contribution in [3.63, 3.8) is 0 Å². The Labute approximate surface area is 87.1 Å². The van der Waals surface area contributed by atoms with E-state index in [9.17, 15) is 5.11 Å². The zero-order chi connectivity index (χ0) is 10.3. The predicted octanol–water partition coefficient (Wildman–Crippen LogP) is 3.48. The van der Waals surface area contributed by atoms with E-state index in [1.54, 1.807) is 12.1 Å². The lowest BCUT2D eigenvalue weighted by molar-refractivity contribution is 0.474. The predicted molar refractivity (Wildman–Crippen MR) is 59.6 cm³/mol. The third-order valence-electron chi connectivity index (χ3n) is 2.59. The molecule has 0 aliphatic heterocycles. The number of rotatable bonds is 1. The molecule has 1 aromatic carbocycles. The summed E-state index contributed by atoms with van der Waals surface area (Å²) in [6, 6.07) is 7.18. The van der Waals surface area contributed by atoms with Crippen molar-refractivity contribution >= 4 is 16.5 Å². The van der Waals surface area contributed by atoms with Gasteiger partial charge in [-0.15, -0.1) is 0 Å². The van der Waals surface area contributed by atoms with Crippen LogP contribution in [0.1, 0.15) is 12.2 Å². The van der Waals surface area contributed by atoms with Crippen LogP contribution in [0.4, 0.5) is 0 Å². The molecule has 0 saturated heterocycles. The highest BCUT2D eigenvalue weighted by Gasteiger charge is 2.09. The SMILES string of the molecule is Oc1ccc2cc(C3=CC=CC3)oc2c1. The van der Waals surface area contributed by atoms with Gasteiger partial charge in [0.25, 0.3) is 0 Å². The minimum atomic E-state index is 0.238. The fourth-order valence-corrected chi connectivity index (χ4v) is 1.81. The summed E-state index contributed by atoms with van der Waals surface area (Å²) in [5.41, 5.74) is 1.92. The first-order valence-electron chi connectivity index (χ1n) is 4.91. The summed E-state index contributed by atoms with van der Waals surface area (Å²) in [6.07, 6.45) is 7.10. The molecule has 3 rings (SSSR count). The molecule has 2 nitrogen and oxygen atoms in total. The number of phenolic OH excluding ortho intramolecular Hbond substituents is 1. The second kappa shape index (κ2) is 3.02. The molecule has 0 fully saturated rings. The average Bonchev–Trinajstić information content (AvgIpc) is 2.84. The number of hydrogen-bond acceptors (Lipinski definition) is 2. The van der Waals surface area contributed by atoms with E-state index in [1.165, 1.54) is 5.57 Å². The van der Waals surface area contributed by atoms with Crippen LogP contribution in [-0.2, 0) is 0 Å². The van der Waals surface area contributed by atoms with E-state index in [-0.39, 0.29) is 5.75 Å². The van der Waals surface area contributed by atoms with E-state index in [1.807, 2.05) is 18.2 Å². The van der Waals surface area contributed by atoms with Gasteiger partial charge in [0.2, 0.25) is 0 Å². The number of fused-ring (bicyclic) bond motifs is 1. The number of phenols is 1. The largest absolute Gasteiger partial charge is 0.508 e. The third-order valence-corrected chi connectivity index (χ3v) is 2.59. The molecule has 2 heteroatoms. The molecule has 0 amide bonds. The minimum Gasteiger partial charge on any atom is -0.508 e. The van der Waals surface area contributed by atoms with Crippen LogP contribution in [0.25, 0.3) is 16.5 Å². The second-order valence-electron chi connectivity index (χ2n) is 3.66. The summed E-state index contributed by atoms with van der Waals surface area (Å²) in [6.45, 7) is 0. The van der Waals surface area contributed by atoms with E-state index in [0.29, 0.717) is 0 Å². The molecule has 74 valence electrons. The highest BCUT2D eigenvalue weighted by Crippen LogP contribution is 2.30. The minimum absolute atomic E-state index is 0.238. The standard InChI is InChI=1S/C13H10O2/c14-11-6-5-10-7-12(15-13(10)8-11)9-3-1-2-4-9/h1-3,5-8,14H,4H2. The van der Waals surface area contributed by atoms with Crippen molar-refractivity contribution in [2.24, 2.45) is 0 Å². The highest BCUT2D eigenvalue weighted by molar-refractivity contribution is 5.83. The lowest BCUT2D eigenvalue weighted by Crippen LogP contribution is -1.73. The maximum absolute atomic E-state index is 9.32.